The van der Waals surface area contributed by atoms with Gasteiger partial charge in [-0.15, -0.1) is 0 Å². The summed E-state index contributed by atoms with van der Waals surface area (Å²) in [6.07, 6.45) is 6.73. The Morgan fingerprint density at radius 3 is 2.68 bits per heavy atom. The second kappa shape index (κ2) is 14.0. The summed E-state index contributed by atoms with van der Waals surface area (Å²) in [5, 5.41) is 17.4. The van der Waals surface area contributed by atoms with E-state index in [0.717, 1.165) is 75.9 Å². The number of nitrogens with one attached hydrogen (secondary N) is 2. The molecule has 1 saturated heterocycles. The summed E-state index contributed by atoms with van der Waals surface area (Å²) in [6.45, 7) is 10.8. The third kappa shape index (κ3) is 7.69. The number of pyridine rings is 1. The van der Waals surface area contributed by atoms with Crippen molar-refractivity contribution in [1.82, 2.24) is 25.1 Å². The number of anilines is 2. The zero-order chi connectivity index (χ0) is 30.5. The van der Waals surface area contributed by atoms with Crippen molar-refractivity contribution in [2.75, 3.05) is 56.0 Å². The molecule has 0 radical (unpaired) electrons. The molecule has 0 unspecified atom stereocenters. The molecule has 11 heteroatoms. The van der Waals surface area contributed by atoms with Crippen molar-refractivity contribution in [1.29, 1.82) is 0 Å². The molecule has 2 aliphatic heterocycles. The molecule has 44 heavy (non-hydrogen) atoms. The number of aromatic nitrogens is 2. The van der Waals surface area contributed by atoms with Crippen LogP contribution in [-0.2, 0) is 19.6 Å². The van der Waals surface area contributed by atoms with Crippen LogP contribution in [0.15, 0.2) is 47.3 Å². The number of rotatable bonds is 12. The van der Waals surface area contributed by atoms with Gasteiger partial charge in [-0.25, -0.2) is 9.97 Å². The molecule has 6 rings (SSSR count). The molecular formula is C33H45N7O4. The molecular weight excluding hydrogens is 558 g/mol. The van der Waals surface area contributed by atoms with Crippen LogP contribution in [0.3, 0.4) is 0 Å². The Hall–Kier alpha value is -3.67. The van der Waals surface area contributed by atoms with E-state index >= 15 is 0 Å². The lowest BCUT2D eigenvalue weighted by Gasteiger charge is -2.37. The fourth-order valence-corrected chi connectivity index (χ4v) is 6.09. The van der Waals surface area contributed by atoms with Gasteiger partial charge in [-0.1, -0.05) is 6.07 Å². The smallest absolute Gasteiger partial charge is 0.251 e. The number of carbonyl (C=O) groups excluding carboxylic acids is 1. The van der Waals surface area contributed by atoms with E-state index in [1.165, 1.54) is 23.9 Å². The van der Waals surface area contributed by atoms with Crippen molar-refractivity contribution >= 4 is 17.5 Å². The number of carbonyl (C=O) groups is 1. The molecule has 1 aromatic carbocycles. The fraction of sp³-hybridized carbons (Fsp3) is 0.545. The van der Waals surface area contributed by atoms with Gasteiger partial charge in [0.05, 0.1) is 12.3 Å². The van der Waals surface area contributed by atoms with Gasteiger partial charge in [0.15, 0.2) is 12.2 Å². The molecule has 4 heterocycles. The van der Waals surface area contributed by atoms with E-state index in [-0.39, 0.29) is 12.5 Å². The second-order valence-corrected chi connectivity index (χ2v) is 12.5. The second-order valence-electron chi connectivity index (χ2n) is 12.5. The number of ether oxygens (including phenoxy) is 1. The molecule has 11 nitrogen and oxygen atoms in total. The molecule has 236 valence electrons. The zero-order valence-electron chi connectivity index (χ0n) is 25.9. The summed E-state index contributed by atoms with van der Waals surface area (Å²) in [7, 11) is 0. The first kappa shape index (κ1) is 30.4. The van der Waals surface area contributed by atoms with Crippen LogP contribution in [0, 0.1) is 0 Å². The molecule has 1 amide bonds. The van der Waals surface area contributed by atoms with Gasteiger partial charge in [0.2, 0.25) is 0 Å². The van der Waals surface area contributed by atoms with Crippen molar-refractivity contribution in [3.63, 3.8) is 0 Å². The number of nitrogens with zero attached hydrogens (tertiary/aromatic N) is 5. The molecule has 2 fully saturated rings. The lowest BCUT2D eigenvalue weighted by Crippen LogP contribution is -2.49. The zero-order valence-corrected chi connectivity index (χ0v) is 25.9. The van der Waals surface area contributed by atoms with Crippen LogP contribution in [0.25, 0.3) is 0 Å². The number of β-amino-alcohol motifs (C(OH)–C–C–N with tert-alkyl or cyclic N) is 1. The van der Waals surface area contributed by atoms with Crippen molar-refractivity contribution in [3.05, 3.63) is 65.4 Å². The van der Waals surface area contributed by atoms with E-state index < -0.39 is 6.10 Å². The quantitative estimate of drug-likeness (QED) is 0.285. The molecule has 3 aromatic rings. The van der Waals surface area contributed by atoms with Crippen LogP contribution in [0.5, 0.6) is 5.75 Å². The number of aliphatic hydroxyl groups is 1. The highest BCUT2D eigenvalue weighted by Crippen LogP contribution is 2.27. The summed E-state index contributed by atoms with van der Waals surface area (Å²) in [5.74, 6) is 2.89. The minimum Gasteiger partial charge on any atom is -0.486 e. The summed E-state index contributed by atoms with van der Waals surface area (Å²) >= 11 is 0. The molecule has 0 spiro atoms. The Morgan fingerprint density at radius 2 is 1.95 bits per heavy atom. The number of amides is 1. The number of fused-ring (bicyclic) bond motifs is 1. The molecule has 2 aromatic heterocycles. The lowest BCUT2D eigenvalue weighted by molar-refractivity contribution is 0.0841. The molecule has 1 atom stereocenters. The first-order valence-corrected chi connectivity index (χ1v) is 16.0. The molecule has 1 aliphatic carbocycles. The highest BCUT2D eigenvalue weighted by atomic mass is 16.5. The van der Waals surface area contributed by atoms with Crippen LogP contribution in [0.2, 0.25) is 0 Å². The average Bonchev–Trinajstić information content (AvgIpc) is 3.54. The predicted molar refractivity (Wildman–Crippen MR) is 169 cm³/mol. The summed E-state index contributed by atoms with van der Waals surface area (Å²) in [4.78, 5) is 29.1. The molecule has 1 saturated carbocycles. The highest BCUT2D eigenvalue weighted by Gasteiger charge is 2.24. The number of benzene rings is 1. The van der Waals surface area contributed by atoms with Gasteiger partial charge in [0.25, 0.3) is 5.91 Å². The monoisotopic (exact) mass is 603 g/mol. The molecule has 3 aliphatic rings. The van der Waals surface area contributed by atoms with E-state index in [0.29, 0.717) is 36.6 Å². The number of piperazine rings is 1. The van der Waals surface area contributed by atoms with E-state index in [4.69, 9.17) is 14.1 Å². The van der Waals surface area contributed by atoms with Crippen LogP contribution in [-0.4, -0.2) is 94.8 Å². The van der Waals surface area contributed by atoms with Crippen LogP contribution < -0.4 is 20.3 Å². The first-order chi connectivity index (χ1) is 21.4. The van der Waals surface area contributed by atoms with Crippen molar-refractivity contribution in [3.8, 4) is 5.75 Å². The first-order valence-electron chi connectivity index (χ1n) is 16.0. The van der Waals surface area contributed by atoms with Gasteiger partial charge in [-0.05, 0) is 74.9 Å². The average molecular weight is 604 g/mol. The minimum atomic E-state index is -0.678. The summed E-state index contributed by atoms with van der Waals surface area (Å²) in [6, 6.07) is 10.8. The Kier molecular flexibility index (Phi) is 9.63. The van der Waals surface area contributed by atoms with E-state index in [1.54, 1.807) is 6.20 Å². The topological polar surface area (TPSA) is 119 Å². The SMILES string of the molecule is CC(C)N1CCN(c2cc(C(=O)NC[C@H](O)CN3CCc4cc(OCc5cnco5)ccc4C3)cc(NC3CCC3)n2)CC1. The Morgan fingerprint density at radius 1 is 1.11 bits per heavy atom. The van der Waals surface area contributed by atoms with E-state index in [2.05, 4.69) is 56.3 Å². The maximum atomic E-state index is 13.3. The summed E-state index contributed by atoms with van der Waals surface area (Å²) < 4.78 is 11.1. The normalized spacial score (nSPS) is 18.5. The van der Waals surface area contributed by atoms with E-state index in [1.807, 2.05) is 18.2 Å². The number of hydrogen-bond donors (Lipinski definition) is 3. The van der Waals surface area contributed by atoms with Gasteiger partial charge >= 0.3 is 0 Å². The number of hydrogen-bond acceptors (Lipinski definition) is 10. The lowest BCUT2D eigenvalue weighted by atomic mass is 9.93. The van der Waals surface area contributed by atoms with Crippen molar-refractivity contribution in [2.24, 2.45) is 0 Å². The van der Waals surface area contributed by atoms with Crippen LogP contribution in [0.4, 0.5) is 11.6 Å². The van der Waals surface area contributed by atoms with Crippen LogP contribution >= 0.6 is 0 Å². The highest BCUT2D eigenvalue weighted by molar-refractivity contribution is 5.95. The molecule has 0 bridgehead atoms. The Labute approximate surface area is 259 Å². The number of aliphatic hydroxyl groups excluding tert-OH is 1. The van der Waals surface area contributed by atoms with E-state index in [9.17, 15) is 9.90 Å². The minimum absolute atomic E-state index is 0.187. The third-order valence-corrected chi connectivity index (χ3v) is 9.00. The van der Waals surface area contributed by atoms with Crippen molar-refractivity contribution in [2.45, 2.75) is 70.9 Å². The Bertz CT molecular complexity index is 1390. The summed E-state index contributed by atoms with van der Waals surface area (Å²) in [5.41, 5.74) is 3.05. The maximum absolute atomic E-state index is 13.3. The van der Waals surface area contributed by atoms with Gasteiger partial charge < -0.3 is 29.8 Å². The van der Waals surface area contributed by atoms with Crippen LogP contribution in [0.1, 0.15) is 60.4 Å². The third-order valence-electron chi connectivity index (χ3n) is 9.00. The van der Waals surface area contributed by atoms with Gasteiger partial charge in [0, 0.05) is 70.0 Å². The van der Waals surface area contributed by atoms with Crippen molar-refractivity contribution < 1.29 is 19.1 Å². The number of oxazole rings is 1. The van der Waals surface area contributed by atoms with Gasteiger partial charge in [0.1, 0.15) is 24.0 Å². The molecule has 3 N–H and O–H groups in total. The maximum Gasteiger partial charge on any atom is 0.251 e. The largest absolute Gasteiger partial charge is 0.486 e. The Balaban J connectivity index is 1.02. The fourth-order valence-electron chi connectivity index (χ4n) is 6.09. The van der Waals surface area contributed by atoms with Gasteiger partial charge in [-0.2, -0.15) is 0 Å². The predicted octanol–water partition coefficient (Wildman–Crippen LogP) is 3.29. The van der Waals surface area contributed by atoms with Gasteiger partial charge in [-0.3, -0.25) is 14.6 Å². The standard InChI is InChI=1S/C33H45N7O4/c1-23(2)39-10-12-40(13-11-39)32-16-26(15-31(37-32)36-27-4-3-5-27)33(42)35-17-28(41)20-38-9-8-24-14-29(7-6-25(24)19-38)43-21-30-18-34-22-44-30/h6-7,14-16,18,22-23,27-28,41H,3-5,8-13,17,19-21H2,1-2H3,(H,35,42)(H,36,37)/t28-/m0/s1.